The van der Waals surface area contributed by atoms with Crippen molar-refractivity contribution in [2.75, 3.05) is 16.0 Å². The van der Waals surface area contributed by atoms with Crippen LogP contribution in [0.2, 0.25) is 0 Å². The van der Waals surface area contributed by atoms with Crippen LogP contribution >= 0.6 is 11.3 Å². The van der Waals surface area contributed by atoms with Crippen LogP contribution in [0.4, 0.5) is 21.2 Å². The molecule has 1 aromatic heterocycles. The second-order valence-corrected chi connectivity index (χ2v) is 6.89. The summed E-state index contributed by atoms with van der Waals surface area (Å²) in [6.45, 7) is 3.98. The van der Waals surface area contributed by atoms with Crippen molar-refractivity contribution in [1.82, 2.24) is 0 Å². The fraction of sp³-hybridized carbons (Fsp3) is 0.100. The molecule has 1 heterocycles. The maximum Gasteiger partial charge on any atom is 0.324 e. The first-order valence-electron chi connectivity index (χ1n) is 8.13. The third kappa shape index (κ3) is 4.29. The molecule has 0 atom stereocenters. The van der Waals surface area contributed by atoms with E-state index in [1.165, 1.54) is 11.3 Å². The minimum atomic E-state index is -0.348. The number of hydrogen-bond donors (Lipinski definition) is 3. The van der Waals surface area contributed by atoms with Crippen LogP contribution in [0.1, 0.15) is 20.8 Å². The number of nitrogens with one attached hydrogen (secondary N) is 3. The van der Waals surface area contributed by atoms with E-state index in [4.69, 9.17) is 0 Å². The van der Waals surface area contributed by atoms with E-state index in [0.717, 1.165) is 16.8 Å². The van der Waals surface area contributed by atoms with Crippen LogP contribution in [-0.2, 0) is 0 Å². The van der Waals surface area contributed by atoms with Gasteiger partial charge in [0.05, 0.1) is 9.88 Å². The molecular formula is C20H19N3O2S. The zero-order valence-electron chi connectivity index (χ0n) is 14.5. The molecule has 0 saturated heterocycles. The van der Waals surface area contributed by atoms with E-state index in [1.807, 2.05) is 50.2 Å². The molecule has 0 fully saturated rings. The topological polar surface area (TPSA) is 70.2 Å². The summed E-state index contributed by atoms with van der Waals surface area (Å²) in [6.07, 6.45) is 0. The van der Waals surface area contributed by atoms with Gasteiger partial charge in [-0.2, -0.15) is 0 Å². The van der Waals surface area contributed by atoms with Crippen LogP contribution in [0.5, 0.6) is 0 Å². The van der Waals surface area contributed by atoms with Crippen molar-refractivity contribution in [2.24, 2.45) is 0 Å². The number of aryl methyl sites for hydroxylation is 1. The van der Waals surface area contributed by atoms with Gasteiger partial charge in [-0.1, -0.05) is 30.3 Å². The molecule has 3 rings (SSSR count). The highest BCUT2D eigenvalue weighted by Crippen LogP contribution is 2.24. The number of benzene rings is 2. The molecule has 26 heavy (non-hydrogen) atoms. The van der Waals surface area contributed by atoms with Gasteiger partial charge < -0.3 is 10.6 Å². The number of rotatable bonds is 4. The highest BCUT2D eigenvalue weighted by Gasteiger charge is 2.12. The molecule has 5 nitrogen and oxygen atoms in total. The summed E-state index contributed by atoms with van der Waals surface area (Å²) in [4.78, 5) is 25.0. The van der Waals surface area contributed by atoms with Gasteiger partial charge in [0.15, 0.2) is 0 Å². The number of carbonyl (C=O) groups excluding carboxylic acids is 2. The Morgan fingerprint density at radius 1 is 0.808 bits per heavy atom. The lowest BCUT2D eigenvalue weighted by molar-refractivity contribution is 0.103. The number of carbonyl (C=O) groups is 2. The van der Waals surface area contributed by atoms with Crippen LogP contribution in [0, 0.1) is 13.8 Å². The number of para-hydroxylation sites is 1. The minimum absolute atomic E-state index is 0.194. The predicted octanol–water partition coefficient (Wildman–Crippen LogP) is 5.26. The van der Waals surface area contributed by atoms with Crippen molar-refractivity contribution in [2.45, 2.75) is 13.8 Å². The van der Waals surface area contributed by atoms with Gasteiger partial charge in [-0.25, -0.2) is 4.79 Å². The van der Waals surface area contributed by atoms with Gasteiger partial charge in [0.2, 0.25) is 0 Å². The van der Waals surface area contributed by atoms with Crippen molar-refractivity contribution in [3.05, 3.63) is 76.7 Å². The quantitative estimate of drug-likeness (QED) is 0.590. The Morgan fingerprint density at radius 3 is 2.35 bits per heavy atom. The summed E-state index contributed by atoms with van der Waals surface area (Å²) in [5.74, 6) is -0.194. The Labute approximate surface area is 156 Å². The number of amides is 3. The first-order valence-corrected chi connectivity index (χ1v) is 8.95. The normalized spacial score (nSPS) is 10.2. The standard InChI is InChI=1S/C20H19N3O2S/c1-13-7-6-10-16(14(13)2)22-19(24)17-11-12-18(26-17)23-20(25)21-15-8-4-3-5-9-15/h3-12H,1-2H3,(H,22,24)(H2,21,23,25). The van der Waals surface area contributed by atoms with E-state index in [9.17, 15) is 9.59 Å². The maximum absolute atomic E-state index is 12.4. The highest BCUT2D eigenvalue weighted by molar-refractivity contribution is 7.18. The fourth-order valence-corrected chi connectivity index (χ4v) is 3.19. The zero-order chi connectivity index (χ0) is 18.5. The number of urea groups is 1. The fourth-order valence-electron chi connectivity index (χ4n) is 2.39. The van der Waals surface area contributed by atoms with E-state index in [-0.39, 0.29) is 11.9 Å². The van der Waals surface area contributed by atoms with Crippen LogP contribution in [0.25, 0.3) is 0 Å². The van der Waals surface area contributed by atoms with E-state index in [1.54, 1.807) is 24.3 Å². The molecule has 3 aromatic rings. The Hall–Kier alpha value is -3.12. The predicted molar refractivity (Wildman–Crippen MR) is 107 cm³/mol. The lowest BCUT2D eigenvalue weighted by Gasteiger charge is -2.09. The molecule has 0 radical (unpaired) electrons. The van der Waals surface area contributed by atoms with Gasteiger partial charge in [-0.15, -0.1) is 11.3 Å². The molecule has 132 valence electrons. The Morgan fingerprint density at radius 2 is 1.58 bits per heavy atom. The van der Waals surface area contributed by atoms with E-state index in [0.29, 0.717) is 15.6 Å². The molecule has 2 aromatic carbocycles. The largest absolute Gasteiger partial charge is 0.324 e. The molecule has 0 spiro atoms. The molecule has 0 aliphatic heterocycles. The van der Waals surface area contributed by atoms with E-state index in [2.05, 4.69) is 16.0 Å². The summed E-state index contributed by atoms with van der Waals surface area (Å²) in [7, 11) is 0. The van der Waals surface area contributed by atoms with Gasteiger partial charge in [-0.3, -0.25) is 10.1 Å². The average Bonchev–Trinajstić information content (AvgIpc) is 3.08. The van der Waals surface area contributed by atoms with Crippen molar-refractivity contribution >= 4 is 39.7 Å². The monoisotopic (exact) mass is 365 g/mol. The van der Waals surface area contributed by atoms with Gasteiger partial charge in [0, 0.05) is 11.4 Å². The highest BCUT2D eigenvalue weighted by atomic mass is 32.1. The second kappa shape index (κ2) is 7.84. The SMILES string of the molecule is Cc1cccc(NC(=O)c2ccc(NC(=O)Nc3ccccc3)s2)c1C. The Kier molecular flexibility index (Phi) is 5.34. The van der Waals surface area contributed by atoms with Crippen molar-refractivity contribution in [3.8, 4) is 0 Å². The third-order valence-electron chi connectivity index (χ3n) is 3.95. The Bertz CT molecular complexity index is 935. The second-order valence-electron chi connectivity index (χ2n) is 5.81. The minimum Gasteiger partial charge on any atom is -0.321 e. The molecule has 0 aliphatic rings. The van der Waals surface area contributed by atoms with Crippen LogP contribution in [-0.4, -0.2) is 11.9 Å². The van der Waals surface area contributed by atoms with Gasteiger partial charge in [0.25, 0.3) is 5.91 Å². The first kappa shape index (κ1) is 17.7. The third-order valence-corrected chi connectivity index (χ3v) is 4.95. The van der Waals surface area contributed by atoms with Crippen LogP contribution in [0.3, 0.4) is 0 Å². The molecule has 0 unspecified atom stereocenters. The number of hydrogen-bond acceptors (Lipinski definition) is 3. The van der Waals surface area contributed by atoms with Crippen molar-refractivity contribution < 1.29 is 9.59 Å². The lowest BCUT2D eigenvalue weighted by Crippen LogP contribution is -2.18. The van der Waals surface area contributed by atoms with Gasteiger partial charge in [-0.05, 0) is 55.3 Å². The summed E-state index contributed by atoms with van der Waals surface area (Å²) in [6, 6.07) is 18.0. The number of anilines is 3. The summed E-state index contributed by atoms with van der Waals surface area (Å²) >= 11 is 1.23. The maximum atomic E-state index is 12.4. The van der Waals surface area contributed by atoms with Crippen LogP contribution in [0.15, 0.2) is 60.7 Å². The molecule has 6 heteroatoms. The molecule has 3 N–H and O–H groups in total. The summed E-state index contributed by atoms with van der Waals surface area (Å²) in [5, 5.41) is 9.00. The van der Waals surface area contributed by atoms with Gasteiger partial charge in [0.1, 0.15) is 0 Å². The van der Waals surface area contributed by atoms with Crippen molar-refractivity contribution in [3.63, 3.8) is 0 Å². The smallest absolute Gasteiger partial charge is 0.321 e. The molecular weight excluding hydrogens is 346 g/mol. The number of thiophene rings is 1. The zero-order valence-corrected chi connectivity index (χ0v) is 15.3. The molecule has 0 bridgehead atoms. The van der Waals surface area contributed by atoms with E-state index >= 15 is 0 Å². The summed E-state index contributed by atoms with van der Waals surface area (Å²) < 4.78 is 0. The lowest BCUT2D eigenvalue weighted by atomic mass is 10.1. The molecule has 0 aliphatic carbocycles. The molecule has 3 amide bonds. The summed E-state index contributed by atoms with van der Waals surface area (Å²) in [5.41, 5.74) is 3.65. The first-order chi connectivity index (χ1) is 12.5. The molecule has 0 saturated carbocycles. The van der Waals surface area contributed by atoms with E-state index < -0.39 is 0 Å². The average molecular weight is 365 g/mol. The van der Waals surface area contributed by atoms with Crippen LogP contribution < -0.4 is 16.0 Å². The van der Waals surface area contributed by atoms with Crippen molar-refractivity contribution in [1.29, 1.82) is 0 Å². The Balaban J connectivity index is 1.63. The van der Waals surface area contributed by atoms with Gasteiger partial charge >= 0.3 is 6.03 Å².